The van der Waals surface area contributed by atoms with E-state index in [1.165, 1.54) is 18.2 Å². The predicted molar refractivity (Wildman–Crippen MR) is 127 cm³/mol. The van der Waals surface area contributed by atoms with Crippen LogP contribution in [0.1, 0.15) is 23.1 Å². The van der Waals surface area contributed by atoms with Gasteiger partial charge >= 0.3 is 6.18 Å². The highest BCUT2D eigenvalue weighted by Gasteiger charge is 2.30. The first-order valence-corrected chi connectivity index (χ1v) is 9.84. The molecule has 0 spiro atoms. The highest BCUT2D eigenvalue weighted by Crippen LogP contribution is 2.29. The molecule has 2 aromatic carbocycles. The fraction of sp³-hybridized carbons (Fsp3) is 0.381. The third kappa shape index (κ3) is 7.05. The van der Waals surface area contributed by atoms with Crippen molar-refractivity contribution >= 4 is 35.6 Å². The average molecular weight is 563 g/mol. The average Bonchev–Trinajstić information content (AvgIpc) is 3.17. The number of nitrogens with zero attached hydrogens (tertiary/aromatic N) is 3. The summed E-state index contributed by atoms with van der Waals surface area (Å²) in [5, 5.41) is 17.5. The van der Waals surface area contributed by atoms with Crippen molar-refractivity contribution in [3.05, 3.63) is 75.3 Å². The quantitative estimate of drug-likeness (QED) is 0.181. The topological polar surface area (TPSA) is 82.8 Å². The van der Waals surface area contributed by atoms with Gasteiger partial charge in [0.15, 0.2) is 5.96 Å². The van der Waals surface area contributed by atoms with E-state index in [-0.39, 0.29) is 42.3 Å². The van der Waals surface area contributed by atoms with Gasteiger partial charge in [0.1, 0.15) is 0 Å². The normalized spacial score (nSPS) is 17.0. The zero-order valence-electron chi connectivity index (χ0n) is 17.4. The molecule has 2 aromatic rings. The number of guanidine groups is 1. The summed E-state index contributed by atoms with van der Waals surface area (Å²) in [6.45, 7) is 2.35. The summed E-state index contributed by atoms with van der Waals surface area (Å²) in [4.78, 5) is 17.1. The van der Waals surface area contributed by atoms with Crippen LogP contribution in [0.2, 0.25) is 0 Å². The van der Waals surface area contributed by atoms with E-state index in [1.807, 2.05) is 0 Å². The van der Waals surface area contributed by atoms with E-state index >= 15 is 0 Å². The monoisotopic (exact) mass is 563 g/mol. The van der Waals surface area contributed by atoms with Gasteiger partial charge in [-0.2, -0.15) is 13.2 Å². The lowest BCUT2D eigenvalue weighted by molar-refractivity contribution is -0.385. The van der Waals surface area contributed by atoms with E-state index in [1.54, 1.807) is 25.2 Å². The number of hydrogen-bond acceptors (Lipinski definition) is 4. The summed E-state index contributed by atoms with van der Waals surface area (Å²) in [6, 6.07) is 11.9. The minimum Gasteiger partial charge on any atom is -0.352 e. The minimum atomic E-state index is -4.33. The summed E-state index contributed by atoms with van der Waals surface area (Å²) >= 11 is 0. The Morgan fingerprint density at radius 3 is 2.53 bits per heavy atom. The Bertz CT molecular complexity index is 938. The number of likely N-dealkylation sites (tertiary alicyclic amines) is 1. The lowest BCUT2D eigenvalue weighted by Crippen LogP contribution is -2.44. The number of aliphatic imine (C=N–C) groups is 1. The number of nitro groups is 1. The number of hydrogen-bond donors (Lipinski definition) is 2. The molecule has 0 amide bonds. The summed E-state index contributed by atoms with van der Waals surface area (Å²) in [7, 11) is 1.63. The molecular weight excluding hydrogens is 538 g/mol. The van der Waals surface area contributed by atoms with Crippen LogP contribution in [0.5, 0.6) is 0 Å². The molecule has 32 heavy (non-hydrogen) atoms. The Kier molecular flexibility index (Phi) is 9.25. The lowest BCUT2D eigenvalue weighted by atomic mass is 10.1. The number of alkyl halides is 3. The van der Waals surface area contributed by atoms with E-state index in [0.29, 0.717) is 24.6 Å². The van der Waals surface area contributed by atoms with E-state index < -0.39 is 16.7 Å². The fourth-order valence-electron chi connectivity index (χ4n) is 3.56. The molecule has 3 rings (SSSR count). The number of para-hydroxylation sites is 1. The van der Waals surface area contributed by atoms with E-state index in [4.69, 9.17) is 0 Å². The fourth-order valence-corrected chi connectivity index (χ4v) is 3.56. The minimum absolute atomic E-state index is 0. The van der Waals surface area contributed by atoms with Crippen molar-refractivity contribution in [2.45, 2.75) is 31.7 Å². The Balaban J connectivity index is 0.00000363. The molecular formula is C21H25F3IN5O2. The largest absolute Gasteiger partial charge is 0.416 e. The molecule has 0 aromatic heterocycles. The first-order chi connectivity index (χ1) is 14.8. The van der Waals surface area contributed by atoms with Crippen LogP contribution in [0.3, 0.4) is 0 Å². The highest BCUT2D eigenvalue weighted by atomic mass is 127. The smallest absolute Gasteiger partial charge is 0.352 e. The van der Waals surface area contributed by atoms with Gasteiger partial charge in [-0.3, -0.25) is 20.0 Å². The van der Waals surface area contributed by atoms with Crippen LogP contribution in [0.4, 0.5) is 18.9 Å². The summed E-state index contributed by atoms with van der Waals surface area (Å²) in [6.07, 6.45) is -3.48. The van der Waals surface area contributed by atoms with Gasteiger partial charge in [-0.1, -0.05) is 30.3 Å². The maximum atomic E-state index is 12.7. The van der Waals surface area contributed by atoms with Crippen molar-refractivity contribution in [1.82, 2.24) is 15.5 Å². The van der Waals surface area contributed by atoms with Gasteiger partial charge in [-0.25, -0.2) is 0 Å². The zero-order valence-corrected chi connectivity index (χ0v) is 19.8. The number of rotatable bonds is 6. The molecule has 174 valence electrons. The molecule has 0 aliphatic carbocycles. The van der Waals surface area contributed by atoms with Gasteiger partial charge < -0.3 is 10.6 Å². The van der Waals surface area contributed by atoms with E-state index in [2.05, 4.69) is 20.5 Å². The molecule has 2 N–H and O–H groups in total. The second-order valence-electron chi connectivity index (χ2n) is 7.37. The summed E-state index contributed by atoms with van der Waals surface area (Å²) < 4.78 is 38.1. The molecule has 1 fully saturated rings. The van der Waals surface area contributed by atoms with Gasteiger partial charge in [0, 0.05) is 50.9 Å². The zero-order chi connectivity index (χ0) is 22.4. The first kappa shape index (κ1) is 25.8. The van der Waals surface area contributed by atoms with E-state index in [9.17, 15) is 23.3 Å². The van der Waals surface area contributed by atoms with Crippen LogP contribution in [-0.4, -0.2) is 42.0 Å². The van der Waals surface area contributed by atoms with Crippen molar-refractivity contribution in [2.75, 3.05) is 20.1 Å². The van der Waals surface area contributed by atoms with Gasteiger partial charge in [-0.05, 0) is 24.1 Å². The molecule has 1 saturated heterocycles. The second-order valence-corrected chi connectivity index (χ2v) is 7.37. The summed E-state index contributed by atoms with van der Waals surface area (Å²) in [5.41, 5.74) is 0.790. The molecule has 0 radical (unpaired) electrons. The van der Waals surface area contributed by atoms with Gasteiger partial charge in [-0.15, -0.1) is 24.0 Å². The molecule has 1 heterocycles. The van der Waals surface area contributed by atoms with Crippen molar-refractivity contribution in [1.29, 1.82) is 0 Å². The van der Waals surface area contributed by atoms with Crippen molar-refractivity contribution in [2.24, 2.45) is 4.99 Å². The highest BCUT2D eigenvalue weighted by molar-refractivity contribution is 14.0. The van der Waals surface area contributed by atoms with Gasteiger partial charge in [0.2, 0.25) is 0 Å². The number of nitro benzene ring substituents is 1. The molecule has 0 bridgehead atoms. The maximum Gasteiger partial charge on any atom is 0.416 e. The first-order valence-electron chi connectivity index (χ1n) is 9.84. The number of benzene rings is 2. The number of nitrogens with one attached hydrogen (secondary N) is 2. The Morgan fingerprint density at radius 2 is 1.91 bits per heavy atom. The second kappa shape index (κ2) is 11.5. The SMILES string of the molecule is CN=C(NCc1ccccc1[N+](=O)[O-])NC1CCN(Cc2ccc(C(F)(F)F)cc2)C1.I. The van der Waals surface area contributed by atoms with Crippen LogP contribution in [0, 0.1) is 10.1 Å². The Hall–Kier alpha value is -2.41. The van der Waals surface area contributed by atoms with Crippen molar-refractivity contribution in [3.63, 3.8) is 0 Å². The third-order valence-corrected chi connectivity index (χ3v) is 5.16. The third-order valence-electron chi connectivity index (χ3n) is 5.16. The lowest BCUT2D eigenvalue weighted by Gasteiger charge is -2.19. The van der Waals surface area contributed by atoms with E-state index in [0.717, 1.165) is 30.7 Å². The molecule has 1 aliphatic heterocycles. The number of halogens is 4. The summed E-state index contributed by atoms with van der Waals surface area (Å²) in [5.74, 6) is 0.541. The van der Waals surface area contributed by atoms with Crippen molar-refractivity contribution < 1.29 is 18.1 Å². The standard InChI is InChI=1S/C21H24F3N5O2.HI/c1-25-20(26-12-16-4-2-3-5-19(16)29(30)31)27-18-10-11-28(14-18)13-15-6-8-17(9-7-15)21(22,23)24;/h2-9,18H,10-14H2,1H3,(H2,25,26,27);1H. The van der Waals surface area contributed by atoms with Crippen LogP contribution in [-0.2, 0) is 19.3 Å². The molecule has 0 saturated carbocycles. The molecule has 1 unspecified atom stereocenters. The molecule has 7 nitrogen and oxygen atoms in total. The van der Waals surface area contributed by atoms with Gasteiger partial charge in [0.05, 0.1) is 10.5 Å². The molecule has 1 atom stereocenters. The van der Waals surface area contributed by atoms with Crippen LogP contribution >= 0.6 is 24.0 Å². The van der Waals surface area contributed by atoms with Crippen molar-refractivity contribution in [3.8, 4) is 0 Å². The van der Waals surface area contributed by atoms with Crippen LogP contribution in [0.15, 0.2) is 53.5 Å². The Labute approximate surface area is 201 Å². The predicted octanol–water partition coefficient (Wildman–Crippen LogP) is 4.17. The molecule has 11 heteroatoms. The molecule has 1 aliphatic rings. The maximum absolute atomic E-state index is 12.7. The van der Waals surface area contributed by atoms with Crippen LogP contribution in [0.25, 0.3) is 0 Å². The van der Waals surface area contributed by atoms with Crippen LogP contribution < -0.4 is 10.6 Å². The van der Waals surface area contributed by atoms with Gasteiger partial charge in [0.25, 0.3) is 5.69 Å². The Morgan fingerprint density at radius 1 is 1.22 bits per heavy atom.